The fourth-order valence-corrected chi connectivity index (χ4v) is 2.02. The van der Waals surface area contributed by atoms with Gasteiger partial charge in [-0.3, -0.25) is 4.79 Å². The molecule has 2 aromatic carbocycles. The van der Waals surface area contributed by atoms with E-state index in [1.165, 1.54) is 19.2 Å². The predicted octanol–water partition coefficient (Wildman–Crippen LogP) is 1.91. The van der Waals surface area contributed by atoms with E-state index in [4.69, 9.17) is 14.7 Å². The van der Waals surface area contributed by atoms with Crippen molar-refractivity contribution in [1.29, 1.82) is 5.26 Å². The first-order valence-corrected chi connectivity index (χ1v) is 7.79. The van der Waals surface area contributed by atoms with E-state index in [-0.39, 0.29) is 11.3 Å². The van der Waals surface area contributed by atoms with Crippen molar-refractivity contribution < 1.29 is 28.6 Å². The van der Waals surface area contributed by atoms with Gasteiger partial charge in [0, 0.05) is 0 Å². The van der Waals surface area contributed by atoms with E-state index in [9.17, 15) is 14.4 Å². The van der Waals surface area contributed by atoms with Gasteiger partial charge in [0.25, 0.3) is 5.91 Å². The lowest BCUT2D eigenvalue weighted by atomic mass is 10.2. The van der Waals surface area contributed by atoms with Crippen molar-refractivity contribution in [2.24, 2.45) is 0 Å². The van der Waals surface area contributed by atoms with Crippen LogP contribution in [0.5, 0.6) is 5.75 Å². The van der Waals surface area contributed by atoms with Crippen LogP contribution in [0, 0.1) is 11.3 Å². The predicted molar refractivity (Wildman–Crippen MR) is 94.0 cm³/mol. The third kappa shape index (κ3) is 5.86. The van der Waals surface area contributed by atoms with E-state index in [0.717, 1.165) is 0 Å². The second-order valence-corrected chi connectivity index (χ2v) is 5.17. The Morgan fingerprint density at radius 1 is 1.04 bits per heavy atom. The van der Waals surface area contributed by atoms with Crippen LogP contribution in [0.25, 0.3) is 0 Å². The van der Waals surface area contributed by atoms with E-state index in [2.05, 4.69) is 10.1 Å². The van der Waals surface area contributed by atoms with Gasteiger partial charge in [-0.25, -0.2) is 9.59 Å². The number of benzene rings is 2. The molecular weight excluding hydrogens is 352 g/mol. The third-order valence-corrected chi connectivity index (χ3v) is 3.31. The Kier molecular flexibility index (Phi) is 6.91. The molecule has 138 valence electrons. The normalized spacial score (nSPS) is 9.63. The highest BCUT2D eigenvalue weighted by Crippen LogP contribution is 2.16. The minimum absolute atomic E-state index is 0.184. The van der Waals surface area contributed by atoms with E-state index >= 15 is 0 Å². The molecule has 0 fully saturated rings. The molecule has 2 rings (SSSR count). The van der Waals surface area contributed by atoms with Gasteiger partial charge in [0.2, 0.25) is 0 Å². The second kappa shape index (κ2) is 9.58. The maximum atomic E-state index is 11.9. The lowest BCUT2D eigenvalue weighted by molar-refractivity contribution is -0.149. The molecule has 0 aliphatic carbocycles. The molecule has 27 heavy (non-hydrogen) atoms. The number of para-hydroxylation sites is 1. The Hall–Kier alpha value is -3.86. The molecule has 0 heterocycles. The van der Waals surface area contributed by atoms with Crippen LogP contribution in [0.2, 0.25) is 0 Å². The fourth-order valence-electron chi connectivity index (χ4n) is 2.02. The number of hydrogen-bond donors (Lipinski definition) is 1. The Morgan fingerprint density at radius 2 is 1.74 bits per heavy atom. The van der Waals surface area contributed by atoms with Crippen LogP contribution in [-0.4, -0.2) is 38.2 Å². The number of ether oxygens (including phenoxy) is 3. The van der Waals surface area contributed by atoms with Gasteiger partial charge in [0.15, 0.2) is 13.2 Å². The summed E-state index contributed by atoms with van der Waals surface area (Å²) in [4.78, 5) is 35.2. The summed E-state index contributed by atoms with van der Waals surface area (Å²) in [5, 5.41) is 11.2. The van der Waals surface area contributed by atoms with Gasteiger partial charge in [-0.1, -0.05) is 12.1 Å². The van der Waals surface area contributed by atoms with E-state index in [1.807, 2.05) is 6.07 Å². The molecular formula is C19H16N2O6. The van der Waals surface area contributed by atoms with Gasteiger partial charge in [-0.15, -0.1) is 0 Å². The molecule has 0 unspecified atom stereocenters. The van der Waals surface area contributed by atoms with Crippen molar-refractivity contribution in [3.63, 3.8) is 0 Å². The van der Waals surface area contributed by atoms with Crippen molar-refractivity contribution in [2.75, 3.05) is 25.6 Å². The van der Waals surface area contributed by atoms with Crippen LogP contribution >= 0.6 is 0 Å². The molecule has 0 saturated carbocycles. The molecule has 8 heteroatoms. The van der Waals surface area contributed by atoms with Crippen LogP contribution in [0.15, 0.2) is 48.5 Å². The molecule has 0 saturated heterocycles. The summed E-state index contributed by atoms with van der Waals surface area (Å²) < 4.78 is 14.7. The zero-order valence-electron chi connectivity index (χ0n) is 14.4. The third-order valence-electron chi connectivity index (χ3n) is 3.31. The summed E-state index contributed by atoms with van der Waals surface area (Å²) in [6, 6.07) is 14.4. The number of hydrogen-bond acceptors (Lipinski definition) is 7. The number of carbonyl (C=O) groups excluding carboxylic acids is 3. The van der Waals surface area contributed by atoms with Crippen molar-refractivity contribution in [3.05, 3.63) is 59.7 Å². The number of rotatable bonds is 7. The van der Waals surface area contributed by atoms with Crippen molar-refractivity contribution in [1.82, 2.24) is 0 Å². The molecule has 0 aliphatic rings. The van der Waals surface area contributed by atoms with E-state index < -0.39 is 31.1 Å². The maximum absolute atomic E-state index is 11.9. The average Bonchev–Trinajstić information content (AvgIpc) is 2.71. The number of anilines is 1. The molecule has 0 aliphatic heterocycles. The Bertz CT molecular complexity index is 871. The molecule has 1 N–H and O–H groups in total. The topological polar surface area (TPSA) is 115 Å². The Labute approximate surface area is 155 Å². The quantitative estimate of drug-likeness (QED) is 0.742. The molecule has 0 radical (unpaired) electrons. The number of nitrogens with zero attached hydrogens (tertiary/aromatic N) is 1. The number of nitriles is 1. The first-order valence-electron chi connectivity index (χ1n) is 7.79. The number of esters is 2. The largest absolute Gasteiger partial charge is 0.482 e. The summed E-state index contributed by atoms with van der Waals surface area (Å²) in [5.41, 5.74) is 0.900. The second-order valence-electron chi connectivity index (χ2n) is 5.17. The molecule has 0 aromatic heterocycles. The number of methoxy groups -OCH3 is 1. The monoisotopic (exact) mass is 368 g/mol. The Morgan fingerprint density at radius 3 is 2.41 bits per heavy atom. The van der Waals surface area contributed by atoms with Crippen LogP contribution in [0.3, 0.4) is 0 Å². The van der Waals surface area contributed by atoms with Gasteiger partial charge >= 0.3 is 11.9 Å². The summed E-state index contributed by atoms with van der Waals surface area (Å²) in [6.07, 6.45) is 0. The highest BCUT2D eigenvalue weighted by atomic mass is 16.6. The summed E-state index contributed by atoms with van der Waals surface area (Å²) in [6.45, 7) is -0.928. The summed E-state index contributed by atoms with van der Waals surface area (Å²) >= 11 is 0. The summed E-state index contributed by atoms with van der Waals surface area (Å²) in [5.74, 6) is -1.56. The lowest BCUT2D eigenvalue weighted by Crippen LogP contribution is -2.24. The zero-order chi connectivity index (χ0) is 19.6. The molecule has 1 amide bonds. The number of carbonyl (C=O) groups is 3. The smallest absolute Gasteiger partial charge is 0.344 e. The maximum Gasteiger partial charge on any atom is 0.344 e. The first kappa shape index (κ1) is 19.5. The van der Waals surface area contributed by atoms with Crippen molar-refractivity contribution in [2.45, 2.75) is 0 Å². The average molecular weight is 368 g/mol. The van der Waals surface area contributed by atoms with E-state index in [1.54, 1.807) is 36.4 Å². The minimum atomic E-state index is -0.740. The van der Waals surface area contributed by atoms with Crippen LogP contribution < -0.4 is 10.1 Å². The van der Waals surface area contributed by atoms with Crippen LogP contribution in [-0.2, 0) is 19.1 Å². The fraction of sp³-hybridized carbons (Fsp3) is 0.158. The molecule has 2 aromatic rings. The first-order chi connectivity index (χ1) is 13.0. The molecule has 0 atom stereocenters. The molecule has 0 spiro atoms. The molecule has 8 nitrogen and oxygen atoms in total. The summed E-state index contributed by atoms with van der Waals surface area (Å²) in [7, 11) is 1.23. The molecule has 0 bridgehead atoms. The highest BCUT2D eigenvalue weighted by molar-refractivity contribution is 6.01. The van der Waals surface area contributed by atoms with E-state index in [0.29, 0.717) is 11.3 Å². The van der Waals surface area contributed by atoms with Gasteiger partial charge in [0.05, 0.1) is 30.0 Å². The van der Waals surface area contributed by atoms with Gasteiger partial charge in [0.1, 0.15) is 5.75 Å². The lowest BCUT2D eigenvalue weighted by Gasteiger charge is -2.10. The number of amides is 1. The number of nitrogens with one attached hydrogen (secondary N) is 1. The minimum Gasteiger partial charge on any atom is -0.482 e. The zero-order valence-corrected chi connectivity index (χ0v) is 14.4. The van der Waals surface area contributed by atoms with Gasteiger partial charge in [-0.05, 0) is 36.4 Å². The van der Waals surface area contributed by atoms with Crippen molar-refractivity contribution in [3.8, 4) is 11.8 Å². The van der Waals surface area contributed by atoms with Crippen molar-refractivity contribution >= 4 is 23.5 Å². The van der Waals surface area contributed by atoms with Crippen LogP contribution in [0.4, 0.5) is 5.69 Å². The van der Waals surface area contributed by atoms with Crippen LogP contribution in [0.1, 0.15) is 15.9 Å². The SMILES string of the molecule is COC(=O)c1ccccc1NC(=O)COC(=O)COc1ccc(C#N)cc1. The standard InChI is InChI=1S/C19H16N2O6/c1-25-19(24)15-4-2-3-5-16(15)21-17(22)11-27-18(23)12-26-14-8-6-13(10-20)7-9-14/h2-9H,11-12H2,1H3,(H,21,22). The Balaban J connectivity index is 1.80. The van der Waals surface area contributed by atoms with Gasteiger partial charge < -0.3 is 19.5 Å². The highest BCUT2D eigenvalue weighted by Gasteiger charge is 2.14. The van der Waals surface area contributed by atoms with Gasteiger partial charge in [-0.2, -0.15) is 5.26 Å².